The monoisotopic (exact) mass is 313 g/mol. The Morgan fingerprint density at radius 3 is 2.28 bits per heavy atom. The van der Waals surface area contributed by atoms with E-state index in [1.807, 2.05) is 0 Å². The molecule has 0 atom stereocenters. The molecule has 0 heterocycles. The van der Waals surface area contributed by atoms with Crippen molar-refractivity contribution < 1.29 is 17.9 Å². The van der Waals surface area contributed by atoms with E-state index in [-0.39, 0.29) is 22.3 Å². The van der Waals surface area contributed by atoms with Crippen LogP contribution in [0.15, 0.2) is 12.1 Å². The van der Waals surface area contributed by atoms with E-state index in [1.54, 1.807) is 0 Å². The van der Waals surface area contributed by atoms with Crippen molar-refractivity contribution in [3.8, 4) is 11.5 Å². The first-order valence-corrected chi connectivity index (χ1v) is 7.48. The second-order valence-corrected chi connectivity index (χ2v) is 5.92. The quantitative estimate of drug-likeness (QED) is 0.819. The molecule has 1 rings (SSSR count). The van der Waals surface area contributed by atoms with Crippen molar-refractivity contribution in [3.63, 3.8) is 0 Å². The van der Waals surface area contributed by atoms with Gasteiger partial charge in [0.25, 0.3) is 0 Å². The van der Waals surface area contributed by atoms with Gasteiger partial charge in [0.05, 0.1) is 30.7 Å². The number of anilines is 1. The number of sulfonamides is 1. The van der Waals surface area contributed by atoms with Gasteiger partial charge in [-0.1, -0.05) is 11.6 Å². The molecule has 0 amide bonds. The summed E-state index contributed by atoms with van der Waals surface area (Å²) in [5.41, 5.74) is 0.222. The number of rotatable bonds is 6. The van der Waals surface area contributed by atoms with Gasteiger partial charge < -0.3 is 9.47 Å². The van der Waals surface area contributed by atoms with Crippen molar-refractivity contribution in [1.82, 2.24) is 0 Å². The summed E-state index contributed by atoms with van der Waals surface area (Å²) in [6.07, 6.45) is 0. The lowest BCUT2D eigenvalue weighted by atomic mass is 10.3. The van der Waals surface area contributed by atoms with Crippen LogP contribution in [-0.2, 0) is 10.0 Å². The smallest absolute Gasteiger partial charge is 0.233 e. The van der Waals surface area contributed by atoms with Crippen LogP contribution >= 0.6 is 23.2 Å². The number of hydrogen-bond donors (Lipinski definition) is 1. The Morgan fingerprint density at radius 2 is 1.78 bits per heavy atom. The van der Waals surface area contributed by atoms with Crippen molar-refractivity contribution in [1.29, 1.82) is 0 Å². The first-order chi connectivity index (χ1) is 8.43. The van der Waals surface area contributed by atoms with E-state index in [9.17, 15) is 8.42 Å². The van der Waals surface area contributed by atoms with Crippen LogP contribution in [0.3, 0.4) is 0 Å². The van der Waals surface area contributed by atoms with Crippen LogP contribution in [-0.4, -0.2) is 34.3 Å². The first kappa shape index (κ1) is 15.2. The first-order valence-electron chi connectivity index (χ1n) is 4.91. The Kier molecular flexibility index (Phi) is 5.37. The highest BCUT2D eigenvalue weighted by molar-refractivity contribution is 7.92. The second kappa shape index (κ2) is 6.36. The molecule has 0 spiro atoms. The van der Waals surface area contributed by atoms with Gasteiger partial charge in [-0.05, 0) is 0 Å². The van der Waals surface area contributed by atoms with Crippen LogP contribution < -0.4 is 14.2 Å². The Bertz CT molecular complexity index is 519. The minimum absolute atomic E-state index is 0.000240. The van der Waals surface area contributed by atoms with Crippen LogP contribution in [0.5, 0.6) is 11.5 Å². The molecule has 5 nitrogen and oxygen atoms in total. The molecule has 0 fully saturated rings. The summed E-state index contributed by atoms with van der Waals surface area (Å²) in [6.45, 7) is 0. The van der Waals surface area contributed by atoms with E-state index in [0.29, 0.717) is 11.5 Å². The van der Waals surface area contributed by atoms with Gasteiger partial charge in [0, 0.05) is 18.0 Å². The summed E-state index contributed by atoms with van der Waals surface area (Å²) in [6, 6.07) is 2.92. The van der Waals surface area contributed by atoms with Gasteiger partial charge in [-0.25, -0.2) is 8.42 Å². The molecule has 18 heavy (non-hydrogen) atoms. The molecule has 1 aromatic carbocycles. The highest BCUT2D eigenvalue weighted by Gasteiger charge is 2.15. The third-order valence-electron chi connectivity index (χ3n) is 2.08. The SMILES string of the molecule is COc1cc(Cl)c(NS(=O)(=O)CCCl)cc1OC. The number of benzene rings is 1. The van der Waals surface area contributed by atoms with Crippen LogP contribution in [0.1, 0.15) is 0 Å². The van der Waals surface area contributed by atoms with Gasteiger partial charge in [-0.15, -0.1) is 11.6 Å². The van der Waals surface area contributed by atoms with Crippen molar-refractivity contribution in [2.75, 3.05) is 30.6 Å². The molecule has 0 aromatic heterocycles. The summed E-state index contributed by atoms with van der Waals surface area (Å²) in [5, 5.41) is 0.214. The molecule has 1 aromatic rings. The fourth-order valence-electron chi connectivity index (χ4n) is 1.25. The van der Waals surface area contributed by atoms with E-state index in [4.69, 9.17) is 32.7 Å². The Morgan fingerprint density at radius 1 is 1.22 bits per heavy atom. The Hall–Kier alpha value is -0.850. The zero-order chi connectivity index (χ0) is 13.8. The summed E-state index contributed by atoms with van der Waals surface area (Å²) in [4.78, 5) is 0. The summed E-state index contributed by atoms with van der Waals surface area (Å²) >= 11 is 11.3. The summed E-state index contributed by atoms with van der Waals surface area (Å²) in [5.74, 6) is 0.604. The minimum Gasteiger partial charge on any atom is -0.493 e. The lowest BCUT2D eigenvalue weighted by molar-refractivity contribution is 0.355. The third kappa shape index (κ3) is 3.83. The number of nitrogens with one attached hydrogen (secondary N) is 1. The van der Waals surface area contributed by atoms with Crippen molar-refractivity contribution >= 4 is 38.9 Å². The minimum atomic E-state index is -3.51. The van der Waals surface area contributed by atoms with Crippen LogP contribution in [0.25, 0.3) is 0 Å². The number of hydrogen-bond acceptors (Lipinski definition) is 4. The third-order valence-corrected chi connectivity index (χ3v) is 4.08. The van der Waals surface area contributed by atoms with E-state index >= 15 is 0 Å². The van der Waals surface area contributed by atoms with Crippen LogP contribution in [0.4, 0.5) is 5.69 Å². The van der Waals surface area contributed by atoms with Gasteiger partial charge in [0.2, 0.25) is 10.0 Å². The molecular formula is C10H13Cl2NO4S. The number of alkyl halides is 1. The molecule has 0 aliphatic rings. The van der Waals surface area contributed by atoms with Gasteiger partial charge in [0.1, 0.15) is 0 Å². The lowest BCUT2D eigenvalue weighted by Gasteiger charge is -2.13. The maximum Gasteiger partial charge on any atom is 0.233 e. The molecule has 0 saturated heterocycles. The zero-order valence-corrected chi connectivity index (χ0v) is 12.2. The molecule has 1 N–H and O–H groups in total. The molecule has 8 heteroatoms. The average molecular weight is 314 g/mol. The maximum absolute atomic E-state index is 11.6. The predicted molar refractivity (Wildman–Crippen MR) is 72.7 cm³/mol. The highest BCUT2D eigenvalue weighted by Crippen LogP contribution is 2.36. The number of ether oxygens (including phenoxy) is 2. The van der Waals surface area contributed by atoms with Crippen molar-refractivity contribution in [2.24, 2.45) is 0 Å². The maximum atomic E-state index is 11.6. The van der Waals surface area contributed by atoms with E-state index in [0.717, 1.165) is 0 Å². The number of halogens is 2. The van der Waals surface area contributed by atoms with Gasteiger partial charge >= 0.3 is 0 Å². The standard InChI is InChI=1S/C10H13Cl2NO4S/c1-16-9-5-7(12)8(6-10(9)17-2)13-18(14,15)4-3-11/h5-6,13H,3-4H2,1-2H3. The van der Waals surface area contributed by atoms with Gasteiger partial charge in [-0.2, -0.15) is 0 Å². The van der Waals surface area contributed by atoms with Crippen LogP contribution in [0.2, 0.25) is 5.02 Å². The lowest BCUT2D eigenvalue weighted by Crippen LogP contribution is -2.17. The van der Waals surface area contributed by atoms with E-state index in [2.05, 4.69) is 4.72 Å². The molecule has 0 unspecified atom stereocenters. The topological polar surface area (TPSA) is 64.6 Å². The molecule has 0 aliphatic heterocycles. The molecule has 0 radical (unpaired) electrons. The normalized spacial score (nSPS) is 11.1. The van der Waals surface area contributed by atoms with Crippen LogP contribution in [0, 0.1) is 0 Å². The van der Waals surface area contributed by atoms with Crippen molar-refractivity contribution in [3.05, 3.63) is 17.2 Å². The Labute approximate surface area is 116 Å². The van der Waals surface area contributed by atoms with E-state index in [1.165, 1.54) is 26.4 Å². The largest absolute Gasteiger partial charge is 0.493 e. The van der Waals surface area contributed by atoms with Crippen molar-refractivity contribution in [2.45, 2.75) is 0 Å². The predicted octanol–water partition coefficient (Wildman–Crippen LogP) is 2.34. The second-order valence-electron chi connectivity index (χ2n) is 3.30. The highest BCUT2D eigenvalue weighted by atomic mass is 35.5. The Balaban J connectivity index is 3.11. The van der Waals surface area contributed by atoms with Gasteiger partial charge in [-0.3, -0.25) is 4.72 Å². The summed E-state index contributed by atoms with van der Waals surface area (Å²) in [7, 11) is -0.603. The van der Waals surface area contributed by atoms with Gasteiger partial charge in [0.15, 0.2) is 11.5 Å². The fourth-order valence-corrected chi connectivity index (χ4v) is 2.93. The molecule has 102 valence electrons. The molecule has 0 saturated carbocycles. The zero-order valence-electron chi connectivity index (χ0n) is 9.87. The fraction of sp³-hybridized carbons (Fsp3) is 0.400. The summed E-state index contributed by atoms with van der Waals surface area (Å²) < 4.78 is 35.6. The van der Waals surface area contributed by atoms with E-state index < -0.39 is 10.0 Å². The molecule has 0 aliphatic carbocycles. The molecule has 0 bridgehead atoms. The molecular weight excluding hydrogens is 301 g/mol. The average Bonchev–Trinajstić information content (AvgIpc) is 2.30. The number of methoxy groups -OCH3 is 2.